The Morgan fingerprint density at radius 2 is 1.50 bits per heavy atom. The molecule has 3 amide bonds. The number of carbonyl (C=O) groups is 3. The van der Waals surface area contributed by atoms with Crippen LogP contribution in [0.15, 0.2) is 125 Å². The largest absolute Gasteiger partial charge is 0.321 e. The molecular weight excluding hydrogens is 596 g/mol. The first-order chi connectivity index (χ1) is 21.4. The summed E-state index contributed by atoms with van der Waals surface area (Å²) >= 11 is 2.73. The highest BCUT2D eigenvalue weighted by Gasteiger charge is 2.18. The Kier molecular flexibility index (Phi) is 9.96. The highest BCUT2D eigenvalue weighted by Crippen LogP contribution is 2.28. The van der Waals surface area contributed by atoms with Crippen LogP contribution < -0.4 is 16.0 Å². The molecule has 7 nitrogen and oxygen atoms in total. The van der Waals surface area contributed by atoms with Crippen LogP contribution in [-0.2, 0) is 9.59 Å². The molecule has 5 aromatic rings. The number of halogens is 1. The third kappa shape index (κ3) is 8.06. The average Bonchev–Trinajstić information content (AvgIpc) is 3.52. The first kappa shape index (κ1) is 30.4. The Morgan fingerprint density at radius 1 is 0.841 bits per heavy atom. The maximum Gasteiger partial charge on any atom is 0.272 e. The molecule has 3 N–H and O–H groups in total. The Balaban J connectivity index is 1.22. The lowest BCUT2D eigenvalue weighted by Crippen LogP contribution is -2.30. The number of nitrogens with zero attached hydrogens (tertiary/aromatic N) is 1. The van der Waals surface area contributed by atoms with Gasteiger partial charge in [0, 0.05) is 32.7 Å². The number of anilines is 2. The van der Waals surface area contributed by atoms with Crippen molar-refractivity contribution in [3.8, 4) is 11.3 Å². The monoisotopic (exact) mass is 622 g/mol. The van der Waals surface area contributed by atoms with Gasteiger partial charge in [0.2, 0.25) is 5.91 Å². The quantitative estimate of drug-likeness (QED) is 0.111. The topological polar surface area (TPSA) is 100 Å². The van der Waals surface area contributed by atoms with Gasteiger partial charge in [0.05, 0.1) is 10.9 Å². The molecular formula is C34H27FN4O3S2. The number of benzene rings is 4. The van der Waals surface area contributed by atoms with Gasteiger partial charge >= 0.3 is 0 Å². The number of carbonyl (C=O) groups excluding carboxylic acids is 3. The van der Waals surface area contributed by atoms with Gasteiger partial charge in [-0.05, 0) is 55.5 Å². The molecule has 1 heterocycles. The van der Waals surface area contributed by atoms with Crippen molar-refractivity contribution in [2.45, 2.75) is 17.1 Å². The molecule has 0 fully saturated rings. The molecule has 0 spiro atoms. The summed E-state index contributed by atoms with van der Waals surface area (Å²) in [5, 5.41) is 10.2. The van der Waals surface area contributed by atoms with Crippen LogP contribution in [0.1, 0.15) is 22.8 Å². The number of hydrogen-bond acceptors (Lipinski definition) is 6. The van der Waals surface area contributed by atoms with Gasteiger partial charge in [-0.25, -0.2) is 9.37 Å². The van der Waals surface area contributed by atoms with E-state index in [0.29, 0.717) is 16.4 Å². The number of thiazole rings is 1. The third-order valence-corrected chi connectivity index (χ3v) is 8.20. The molecule has 0 aliphatic carbocycles. The molecule has 220 valence electrons. The number of hydrogen-bond donors (Lipinski definition) is 3. The Labute approximate surface area is 262 Å². The normalized spacial score (nSPS) is 11.8. The zero-order valence-electron chi connectivity index (χ0n) is 23.5. The second-order valence-corrected chi connectivity index (χ2v) is 11.8. The van der Waals surface area contributed by atoms with Crippen LogP contribution in [0, 0.1) is 5.82 Å². The van der Waals surface area contributed by atoms with Gasteiger partial charge in [0.1, 0.15) is 11.5 Å². The standard InChI is InChI=1S/C34H27FN4O3S2/c1-22(31(40)39-34-38-30(21-43-34)23-10-4-2-5-11-23)44-27-18-16-26(17-19-27)36-33(42)29(20-25-14-8-9-15-28(25)35)37-32(41)24-12-6-3-7-13-24/h2-22H,1H3,(H,36,42)(H,37,41)(H,38,39,40)/b29-20-. The van der Waals surface area contributed by atoms with E-state index in [4.69, 9.17) is 0 Å². The summed E-state index contributed by atoms with van der Waals surface area (Å²) in [6.07, 6.45) is 1.29. The van der Waals surface area contributed by atoms with Crippen LogP contribution in [0.2, 0.25) is 0 Å². The number of rotatable bonds is 10. The van der Waals surface area contributed by atoms with Crippen LogP contribution >= 0.6 is 23.1 Å². The first-order valence-corrected chi connectivity index (χ1v) is 15.3. The molecule has 1 aromatic heterocycles. The molecule has 5 rings (SSSR count). The maximum atomic E-state index is 14.4. The molecule has 4 aromatic carbocycles. The predicted octanol–water partition coefficient (Wildman–Crippen LogP) is 7.48. The van der Waals surface area contributed by atoms with Crippen molar-refractivity contribution < 1.29 is 18.8 Å². The minimum absolute atomic E-state index is 0.120. The van der Waals surface area contributed by atoms with Crippen molar-refractivity contribution in [3.05, 3.63) is 137 Å². The lowest BCUT2D eigenvalue weighted by Gasteiger charge is -2.13. The highest BCUT2D eigenvalue weighted by atomic mass is 32.2. The zero-order valence-corrected chi connectivity index (χ0v) is 25.1. The fourth-order valence-electron chi connectivity index (χ4n) is 4.04. The van der Waals surface area contributed by atoms with E-state index in [1.54, 1.807) is 73.7 Å². The summed E-state index contributed by atoms with van der Waals surface area (Å²) in [7, 11) is 0. The third-order valence-electron chi connectivity index (χ3n) is 6.33. The average molecular weight is 623 g/mol. The summed E-state index contributed by atoms with van der Waals surface area (Å²) in [6.45, 7) is 1.80. The zero-order chi connectivity index (χ0) is 30.9. The summed E-state index contributed by atoms with van der Waals surface area (Å²) < 4.78 is 14.4. The van der Waals surface area contributed by atoms with E-state index >= 15 is 0 Å². The molecule has 0 aliphatic rings. The Bertz CT molecular complexity index is 1790. The Hall–Kier alpha value is -5.06. The molecule has 1 unspecified atom stereocenters. The number of amides is 3. The van der Waals surface area contributed by atoms with Crippen LogP contribution in [0.5, 0.6) is 0 Å². The fraction of sp³-hybridized carbons (Fsp3) is 0.0588. The Morgan fingerprint density at radius 3 is 2.20 bits per heavy atom. The summed E-state index contributed by atoms with van der Waals surface area (Å²) in [6, 6.07) is 31.1. The molecule has 1 atom stereocenters. The van der Waals surface area contributed by atoms with Crippen molar-refractivity contribution in [1.29, 1.82) is 0 Å². The van der Waals surface area contributed by atoms with Gasteiger partial charge in [-0.1, -0.05) is 66.7 Å². The van der Waals surface area contributed by atoms with Crippen LogP contribution in [0.25, 0.3) is 17.3 Å². The van der Waals surface area contributed by atoms with Crippen molar-refractivity contribution in [2.24, 2.45) is 0 Å². The molecule has 0 saturated heterocycles. The van der Waals surface area contributed by atoms with E-state index in [9.17, 15) is 18.8 Å². The second-order valence-electron chi connectivity index (χ2n) is 9.53. The lowest BCUT2D eigenvalue weighted by atomic mass is 10.1. The molecule has 0 radical (unpaired) electrons. The first-order valence-electron chi connectivity index (χ1n) is 13.6. The predicted molar refractivity (Wildman–Crippen MR) is 175 cm³/mol. The van der Waals surface area contributed by atoms with Crippen molar-refractivity contribution in [3.63, 3.8) is 0 Å². The number of aromatic nitrogens is 1. The van der Waals surface area contributed by atoms with E-state index in [1.807, 2.05) is 35.7 Å². The van der Waals surface area contributed by atoms with E-state index in [1.165, 1.54) is 41.3 Å². The van der Waals surface area contributed by atoms with Crippen LogP contribution in [-0.4, -0.2) is 28.0 Å². The van der Waals surface area contributed by atoms with Gasteiger partial charge in [-0.2, -0.15) is 0 Å². The van der Waals surface area contributed by atoms with Crippen LogP contribution in [0.4, 0.5) is 15.2 Å². The summed E-state index contributed by atoms with van der Waals surface area (Å²) in [5.74, 6) is -1.84. The molecule has 0 bridgehead atoms. The van der Waals surface area contributed by atoms with E-state index in [0.717, 1.165) is 16.2 Å². The van der Waals surface area contributed by atoms with Gasteiger partial charge in [-0.3, -0.25) is 14.4 Å². The van der Waals surface area contributed by atoms with E-state index < -0.39 is 22.9 Å². The maximum absolute atomic E-state index is 14.4. The number of nitrogens with one attached hydrogen (secondary N) is 3. The second kappa shape index (κ2) is 14.4. The van der Waals surface area contributed by atoms with Gasteiger partial charge in [0.25, 0.3) is 11.8 Å². The molecule has 10 heteroatoms. The van der Waals surface area contributed by atoms with E-state index in [2.05, 4.69) is 20.9 Å². The van der Waals surface area contributed by atoms with E-state index in [-0.39, 0.29) is 17.2 Å². The van der Waals surface area contributed by atoms with Crippen molar-refractivity contribution >= 4 is 57.7 Å². The van der Waals surface area contributed by atoms with Crippen molar-refractivity contribution in [1.82, 2.24) is 10.3 Å². The minimum Gasteiger partial charge on any atom is -0.321 e. The summed E-state index contributed by atoms with van der Waals surface area (Å²) in [4.78, 5) is 44.2. The number of thioether (sulfide) groups is 1. The molecule has 0 saturated carbocycles. The summed E-state index contributed by atoms with van der Waals surface area (Å²) in [5.41, 5.74) is 2.62. The molecule has 44 heavy (non-hydrogen) atoms. The molecule has 0 aliphatic heterocycles. The van der Waals surface area contributed by atoms with Crippen molar-refractivity contribution in [2.75, 3.05) is 10.6 Å². The van der Waals surface area contributed by atoms with Gasteiger partial charge < -0.3 is 16.0 Å². The smallest absolute Gasteiger partial charge is 0.272 e. The SMILES string of the molecule is CC(Sc1ccc(NC(=O)/C(=C/c2ccccc2F)NC(=O)c2ccccc2)cc1)C(=O)Nc1nc(-c2ccccc2)cs1. The van der Waals surface area contributed by atoms with Gasteiger partial charge in [-0.15, -0.1) is 23.1 Å². The van der Waals surface area contributed by atoms with Crippen LogP contribution in [0.3, 0.4) is 0 Å². The minimum atomic E-state index is -0.621. The van der Waals surface area contributed by atoms with Gasteiger partial charge in [0.15, 0.2) is 5.13 Å². The lowest BCUT2D eigenvalue weighted by molar-refractivity contribution is -0.115. The highest BCUT2D eigenvalue weighted by molar-refractivity contribution is 8.00. The fourth-order valence-corrected chi connectivity index (χ4v) is 5.63.